The van der Waals surface area contributed by atoms with Gasteiger partial charge in [0.15, 0.2) is 0 Å². The van der Waals surface area contributed by atoms with Crippen LogP contribution in [0.5, 0.6) is 0 Å². The predicted molar refractivity (Wildman–Crippen MR) is 66.1 cm³/mol. The maximum absolute atomic E-state index is 9.74. The van der Waals surface area contributed by atoms with Gasteiger partial charge in [0.05, 0.1) is 0 Å². The lowest BCUT2D eigenvalue weighted by Crippen LogP contribution is -2.41. The molecule has 1 saturated heterocycles. The van der Waals surface area contributed by atoms with Crippen LogP contribution in [-0.2, 0) is 0 Å². The molecule has 1 fully saturated rings. The van der Waals surface area contributed by atoms with Crippen molar-refractivity contribution < 1.29 is 10.2 Å². The molecule has 1 aliphatic heterocycles. The number of rotatable bonds is 7. The first-order chi connectivity index (χ1) is 7.77. The van der Waals surface area contributed by atoms with E-state index in [9.17, 15) is 5.11 Å². The van der Waals surface area contributed by atoms with Crippen LogP contribution in [0.4, 0.5) is 0 Å². The van der Waals surface area contributed by atoms with E-state index in [1.165, 1.54) is 38.5 Å². The quantitative estimate of drug-likeness (QED) is 0.656. The zero-order valence-electron chi connectivity index (χ0n) is 10.6. The van der Waals surface area contributed by atoms with Crippen molar-refractivity contribution >= 4 is 0 Å². The third kappa shape index (κ3) is 4.81. The summed E-state index contributed by atoms with van der Waals surface area (Å²) in [6.07, 6.45) is 7.86. The van der Waals surface area contributed by atoms with E-state index in [-0.39, 0.29) is 6.61 Å². The van der Waals surface area contributed by atoms with Gasteiger partial charge in [-0.2, -0.15) is 0 Å². The lowest BCUT2D eigenvalue weighted by molar-refractivity contribution is -0.0310. The third-order valence-electron chi connectivity index (χ3n) is 3.67. The molecule has 1 rings (SSSR count). The summed E-state index contributed by atoms with van der Waals surface area (Å²) in [5.41, 5.74) is 0. The maximum atomic E-state index is 9.74. The van der Waals surface area contributed by atoms with Gasteiger partial charge in [0.25, 0.3) is 0 Å². The Balaban J connectivity index is 2.13. The smallest absolute Gasteiger partial charge is 0.109 e. The molecular weight excluding hydrogens is 202 g/mol. The summed E-state index contributed by atoms with van der Waals surface area (Å²) in [5, 5.41) is 18.5. The molecule has 3 heteroatoms. The van der Waals surface area contributed by atoms with Gasteiger partial charge in [-0.1, -0.05) is 32.6 Å². The Hall–Kier alpha value is -0.120. The van der Waals surface area contributed by atoms with E-state index >= 15 is 0 Å². The molecule has 16 heavy (non-hydrogen) atoms. The van der Waals surface area contributed by atoms with E-state index in [0.29, 0.717) is 6.42 Å². The summed E-state index contributed by atoms with van der Waals surface area (Å²) < 4.78 is 0. The molecule has 0 aliphatic carbocycles. The van der Waals surface area contributed by atoms with Crippen LogP contribution in [0, 0.1) is 5.92 Å². The lowest BCUT2D eigenvalue weighted by Gasteiger charge is -2.35. The van der Waals surface area contributed by atoms with Crippen LogP contribution in [-0.4, -0.2) is 41.0 Å². The van der Waals surface area contributed by atoms with E-state index < -0.39 is 6.23 Å². The Labute approximate surface area is 99.5 Å². The Morgan fingerprint density at radius 2 is 1.94 bits per heavy atom. The topological polar surface area (TPSA) is 43.7 Å². The average molecular weight is 229 g/mol. The van der Waals surface area contributed by atoms with Gasteiger partial charge in [-0.3, -0.25) is 4.90 Å². The minimum atomic E-state index is -0.429. The van der Waals surface area contributed by atoms with E-state index in [4.69, 9.17) is 5.11 Å². The van der Waals surface area contributed by atoms with Gasteiger partial charge in [0, 0.05) is 26.1 Å². The SMILES string of the molecule is CCCCCC1CCN(C(O)CCO)CC1. The van der Waals surface area contributed by atoms with Gasteiger partial charge >= 0.3 is 0 Å². The Morgan fingerprint density at radius 1 is 1.25 bits per heavy atom. The van der Waals surface area contributed by atoms with Crippen molar-refractivity contribution in [2.24, 2.45) is 5.92 Å². The number of aliphatic hydroxyl groups excluding tert-OH is 2. The number of likely N-dealkylation sites (tertiary alicyclic amines) is 1. The first kappa shape index (κ1) is 13.9. The second kappa shape index (κ2) is 8.04. The molecule has 1 heterocycles. The van der Waals surface area contributed by atoms with Crippen molar-refractivity contribution in [2.45, 2.75) is 58.1 Å². The molecule has 0 aromatic heterocycles. The molecule has 0 aromatic carbocycles. The van der Waals surface area contributed by atoms with E-state index in [0.717, 1.165) is 19.0 Å². The zero-order valence-corrected chi connectivity index (χ0v) is 10.6. The fraction of sp³-hybridized carbons (Fsp3) is 1.00. The molecule has 1 atom stereocenters. The molecule has 0 amide bonds. The summed E-state index contributed by atoms with van der Waals surface area (Å²) in [6.45, 7) is 4.32. The van der Waals surface area contributed by atoms with Crippen molar-refractivity contribution in [3.05, 3.63) is 0 Å². The van der Waals surface area contributed by atoms with Crippen LogP contribution < -0.4 is 0 Å². The van der Waals surface area contributed by atoms with Crippen molar-refractivity contribution in [1.82, 2.24) is 4.90 Å². The van der Waals surface area contributed by atoms with Gasteiger partial charge in [-0.25, -0.2) is 0 Å². The van der Waals surface area contributed by atoms with Crippen LogP contribution in [0.2, 0.25) is 0 Å². The summed E-state index contributed by atoms with van der Waals surface area (Å²) in [6, 6.07) is 0. The summed E-state index contributed by atoms with van der Waals surface area (Å²) in [7, 11) is 0. The van der Waals surface area contributed by atoms with Gasteiger partial charge in [0.2, 0.25) is 0 Å². The van der Waals surface area contributed by atoms with Crippen molar-refractivity contribution in [3.8, 4) is 0 Å². The Kier molecular flexibility index (Phi) is 7.01. The highest BCUT2D eigenvalue weighted by molar-refractivity contribution is 4.73. The van der Waals surface area contributed by atoms with Crippen LogP contribution in [0.15, 0.2) is 0 Å². The van der Waals surface area contributed by atoms with Gasteiger partial charge in [0.1, 0.15) is 6.23 Å². The predicted octanol–water partition coefficient (Wildman–Crippen LogP) is 1.98. The molecule has 0 aromatic rings. The molecule has 1 unspecified atom stereocenters. The lowest BCUT2D eigenvalue weighted by atomic mass is 9.91. The molecule has 0 radical (unpaired) electrons. The number of nitrogens with zero attached hydrogens (tertiary/aromatic N) is 1. The summed E-state index contributed by atoms with van der Waals surface area (Å²) in [4.78, 5) is 2.10. The molecule has 0 saturated carbocycles. The molecule has 3 nitrogen and oxygen atoms in total. The number of hydrogen-bond acceptors (Lipinski definition) is 3. The van der Waals surface area contributed by atoms with Crippen LogP contribution in [0.1, 0.15) is 51.9 Å². The molecule has 2 N–H and O–H groups in total. The number of aliphatic hydroxyl groups is 2. The summed E-state index contributed by atoms with van der Waals surface area (Å²) in [5.74, 6) is 0.865. The van der Waals surface area contributed by atoms with Crippen LogP contribution in [0.25, 0.3) is 0 Å². The Morgan fingerprint density at radius 3 is 2.50 bits per heavy atom. The van der Waals surface area contributed by atoms with E-state index in [2.05, 4.69) is 11.8 Å². The molecule has 0 bridgehead atoms. The Bertz CT molecular complexity index is 167. The number of hydrogen-bond donors (Lipinski definition) is 2. The standard InChI is InChI=1S/C13H27NO2/c1-2-3-4-5-12-6-9-14(10-7-12)13(16)8-11-15/h12-13,15-16H,2-11H2,1H3. The monoisotopic (exact) mass is 229 g/mol. The summed E-state index contributed by atoms with van der Waals surface area (Å²) >= 11 is 0. The molecule has 0 spiro atoms. The fourth-order valence-electron chi connectivity index (χ4n) is 2.52. The first-order valence-electron chi connectivity index (χ1n) is 6.81. The van der Waals surface area contributed by atoms with Crippen molar-refractivity contribution in [2.75, 3.05) is 19.7 Å². The van der Waals surface area contributed by atoms with Crippen molar-refractivity contribution in [3.63, 3.8) is 0 Å². The largest absolute Gasteiger partial charge is 0.396 e. The highest BCUT2D eigenvalue weighted by atomic mass is 16.3. The third-order valence-corrected chi connectivity index (χ3v) is 3.67. The minimum Gasteiger partial charge on any atom is -0.396 e. The molecule has 96 valence electrons. The van der Waals surface area contributed by atoms with E-state index in [1.54, 1.807) is 0 Å². The average Bonchev–Trinajstić information content (AvgIpc) is 2.30. The molecule has 1 aliphatic rings. The second-order valence-electron chi connectivity index (χ2n) is 4.97. The van der Waals surface area contributed by atoms with Crippen LogP contribution >= 0.6 is 0 Å². The van der Waals surface area contributed by atoms with E-state index in [1.807, 2.05) is 0 Å². The van der Waals surface area contributed by atoms with Gasteiger partial charge in [-0.15, -0.1) is 0 Å². The normalized spacial score (nSPS) is 21.2. The number of piperidine rings is 1. The minimum absolute atomic E-state index is 0.0809. The van der Waals surface area contributed by atoms with Crippen molar-refractivity contribution in [1.29, 1.82) is 0 Å². The second-order valence-corrected chi connectivity index (χ2v) is 4.97. The molecular formula is C13H27NO2. The highest BCUT2D eigenvalue weighted by Gasteiger charge is 2.22. The maximum Gasteiger partial charge on any atom is 0.109 e. The first-order valence-corrected chi connectivity index (χ1v) is 6.81. The fourth-order valence-corrected chi connectivity index (χ4v) is 2.52. The highest BCUT2D eigenvalue weighted by Crippen LogP contribution is 2.24. The zero-order chi connectivity index (χ0) is 11.8. The van der Waals surface area contributed by atoms with Gasteiger partial charge in [-0.05, 0) is 18.8 Å². The number of unbranched alkanes of at least 4 members (excludes halogenated alkanes) is 2. The van der Waals surface area contributed by atoms with Crippen LogP contribution in [0.3, 0.4) is 0 Å². The van der Waals surface area contributed by atoms with Gasteiger partial charge < -0.3 is 10.2 Å².